The van der Waals surface area contributed by atoms with Crippen molar-refractivity contribution >= 4 is 5.91 Å². The van der Waals surface area contributed by atoms with E-state index in [1.54, 1.807) is 0 Å². The maximum absolute atomic E-state index is 12.2. The van der Waals surface area contributed by atoms with Crippen molar-refractivity contribution in [1.29, 1.82) is 0 Å². The van der Waals surface area contributed by atoms with Gasteiger partial charge in [0.25, 0.3) is 5.91 Å². The van der Waals surface area contributed by atoms with Gasteiger partial charge in [-0.3, -0.25) is 9.69 Å². The van der Waals surface area contributed by atoms with E-state index in [0.29, 0.717) is 11.8 Å². The van der Waals surface area contributed by atoms with Crippen molar-refractivity contribution in [2.75, 3.05) is 19.6 Å². The number of nitrogens with zero attached hydrogens (tertiary/aromatic N) is 1. The molecule has 0 unspecified atom stereocenters. The van der Waals surface area contributed by atoms with Crippen molar-refractivity contribution < 1.29 is 4.79 Å². The molecule has 0 radical (unpaired) electrons. The van der Waals surface area contributed by atoms with Gasteiger partial charge in [-0.05, 0) is 23.1 Å². The molecule has 4 rings (SSSR count). The van der Waals surface area contributed by atoms with Crippen molar-refractivity contribution in [2.45, 2.75) is 12.5 Å². The van der Waals surface area contributed by atoms with E-state index in [9.17, 15) is 4.79 Å². The van der Waals surface area contributed by atoms with Gasteiger partial charge < -0.3 is 5.32 Å². The number of amides is 1. The fourth-order valence-corrected chi connectivity index (χ4v) is 3.84. The monoisotopic (exact) mass is 292 g/mol. The van der Waals surface area contributed by atoms with Gasteiger partial charge in [0, 0.05) is 37.7 Å². The lowest BCUT2D eigenvalue weighted by Crippen LogP contribution is -2.29. The molecular formula is C19H20N2O. The number of benzene rings is 2. The van der Waals surface area contributed by atoms with Crippen LogP contribution < -0.4 is 5.32 Å². The van der Waals surface area contributed by atoms with Crippen LogP contribution in [0.3, 0.4) is 0 Å². The van der Waals surface area contributed by atoms with Gasteiger partial charge in [-0.2, -0.15) is 0 Å². The SMILES string of the molecule is O=C1NC[C@H]2CN(Cc3ccccc3)C[C@H]2c2ccccc21. The average Bonchev–Trinajstić information content (AvgIpc) is 2.91. The highest BCUT2D eigenvalue weighted by atomic mass is 16.1. The topological polar surface area (TPSA) is 32.3 Å². The summed E-state index contributed by atoms with van der Waals surface area (Å²) < 4.78 is 0. The number of carbonyl (C=O) groups is 1. The van der Waals surface area contributed by atoms with Gasteiger partial charge in [-0.15, -0.1) is 0 Å². The molecule has 2 heterocycles. The zero-order valence-electron chi connectivity index (χ0n) is 12.5. The number of hydrogen-bond donors (Lipinski definition) is 1. The summed E-state index contributed by atoms with van der Waals surface area (Å²) in [4.78, 5) is 14.7. The normalized spacial score (nSPS) is 24.3. The molecule has 1 N–H and O–H groups in total. The number of carbonyl (C=O) groups excluding carboxylic acids is 1. The van der Waals surface area contributed by atoms with Crippen LogP contribution in [0.15, 0.2) is 54.6 Å². The molecule has 0 aliphatic carbocycles. The summed E-state index contributed by atoms with van der Waals surface area (Å²) in [6, 6.07) is 18.7. The van der Waals surface area contributed by atoms with Gasteiger partial charge in [-0.25, -0.2) is 0 Å². The molecule has 1 amide bonds. The van der Waals surface area contributed by atoms with Crippen molar-refractivity contribution in [2.24, 2.45) is 5.92 Å². The predicted molar refractivity (Wildman–Crippen MR) is 86.7 cm³/mol. The lowest BCUT2D eigenvalue weighted by molar-refractivity contribution is 0.0951. The molecule has 3 heteroatoms. The van der Waals surface area contributed by atoms with Crippen LogP contribution in [0.25, 0.3) is 0 Å². The van der Waals surface area contributed by atoms with Crippen LogP contribution in [0.2, 0.25) is 0 Å². The Morgan fingerprint density at radius 1 is 1.00 bits per heavy atom. The molecule has 2 atom stereocenters. The number of hydrogen-bond acceptors (Lipinski definition) is 2. The summed E-state index contributed by atoms with van der Waals surface area (Å²) in [5.41, 5.74) is 3.44. The Kier molecular flexibility index (Phi) is 3.43. The smallest absolute Gasteiger partial charge is 0.251 e. The summed E-state index contributed by atoms with van der Waals surface area (Å²) in [5, 5.41) is 3.09. The minimum atomic E-state index is 0.0830. The quantitative estimate of drug-likeness (QED) is 0.923. The summed E-state index contributed by atoms with van der Waals surface area (Å²) in [6.07, 6.45) is 0. The molecule has 2 aliphatic rings. The third-order valence-corrected chi connectivity index (χ3v) is 4.90. The Hall–Kier alpha value is -2.13. The van der Waals surface area contributed by atoms with E-state index in [1.165, 1.54) is 11.1 Å². The number of likely N-dealkylation sites (tertiary alicyclic amines) is 1. The third kappa shape index (κ3) is 2.42. The second-order valence-corrected chi connectivity index (χ2v) is 6.34. The lowest BCUT2D eigenvalue weighted by atomic mass is 9.87. The first kappa shape index (κ1) is 13.5. The molecule has 112 valence electrons. The number of rotatable bonds is 2. The Balaban J connectivity index is 1.58. The van der Waals surface area contributed by atoms with Crippen LogP contribution in [0.4, 0.5) is 0 Å². The zero-order valence-corrected chi connectivity index (χ0v) is 12.5. The fourth-order valence-electron chi connectivity index (χ4n) is 3.84. The highest BCUT2D eigenvalue weighted by Crippen LogP contribution is 2.36. The van der Waals surface area contributed by atoms with Gasteiger partial charge in [0.05, 0.1) is 0 Å². The van der Waals surface area contributed by atoms with E-state index in [4.69, 9.17) is 0 Å². The predicted octanol–water partition coefficient (Wildman–Crippen LogP) is 2.65. The Bertz CT molecular complexity index is 683. The van der Waals surface area contributed by atoms with Crippen molar-refractivity contribution in [3.05, 3.63) is 71.3 Å². The van der Waals surface area contributed by atoms with Crippen LogP contribution in [-0.4, -0.2) is 30.4 Å². The Morgan fingerprint density at radius 3 is 2.64 bits per heavy atom. The first-order valence-corrected chi connectivity index (χ1v) is 7.94. The second-order valence-electron chi connectivity index (χ2n) is 6.34. The Morgan fingerprint density at radius 2 is 1.77 bits per heavy atom. The van der Waals surface area contributed by atoms with Crippen LogP contribution in [0.5, 0.6) is 0 Å². The van der Waals surface area contributed by atoms with Crippen molar-refractivity contribution in [3.8, 4) is 0 Å². The Labute approximate surface area is 131 Å². The standard InChI is InChI=1S/C19H20N2O/c22-19-17-9-5-4-8-16(17)18-13-21(12-15(18)10-20-19)11-14-6-2-1-3-7-14/h1-9,15,18H,10-13H2,(H,20,22)/t15-,18+/m0/s1. The van der Waals surface area contributed by atoms with E-state index in [1.807, 2.05) is 18.2 Å². The zero-order chi connectivity index (χ0) is 14.9. The molecule has 1 fully saturated rings. The molecule has 2 aromatic rings. The minimum absolute atomic E-state index is 0.0830. The maximum Gasteiger partial charge on any atom is 0.251 e. The first-order chi connectivity index (χ1) is 10.8. The third-order valence-electron chi connectivity index (χ3n) is 4.90. The summed E-state index contributed by atoms with van der Waals surface area (Å²) in [6.45, 7) is 3.85. The largest absolute Gasteiger partial charge is 0.352 e. The molecule has 3 nitrogen and oxygen atoms in total. The van der Waals surface area contributed by atoms with Gasteiger partial charge in [-0.1, -0.05) is 48.5 Å². The fraction of sp³-hybridized carbons (Fsp3) is 0.316. The molecule has 0 bridgehead atoms. The molecular weight excluding hydrogens is 272 g/mol. The van der Waals surface area contributed by atoms with Crippen molar-refractivity contribution in [1.82, 2.24) is 10.2 Å². The van der Waals surface area contributed by atoms with E-state index in [-0.39, 0.29) is 5.91 Å². The average molecular weight is 292 g/mol. The van der Waals surface area contributed by atoms with E-state index >= 15 is 0 Å². The number of nitrogens with one attached hydrogen (secondary N) is 1. The molecule has 22 heavy (non-hydrogen) atoms. The van der Waals surface area contributed by atoms with Gasteiger partial charge in [0.2, 0.25) is 0 Å². The molecule has 0 spiro atoms. The number of fused-ring (bicyclic) bond motifs is 3. The maximum atomic E-state index is 12.2. The molecule has 0 saturated carbocycles. The van der Waals surface area contributed by atoms with Crippen LogP contribution in [0, 0.1) is 5.92 Å². The van der Waals surface area contributed by atoms with Gasteiger partial charge in [0.15, 0.2) is 0 Å². The highest BCUT2D eigenvalue weighted by molar-refractivity contribution is 5.96. The van der Waals surface area contributed by atoms with Crippen LogP contribution in [0.1, 0.15) is 27.4 Å². The summed E-state index contributed by atoms with van der Waals surface area (Å²) in [5.74, 6) is 1.05. The summed E-state index contributed by atoms with van der Waals surface area (Å²) >= 11 is 0. The lowest BCUT2D eigenvalue weighted by Gasteiger charge is -2.17. The molecule has 2 aromatic carbocycles. The van der Waals surface area contributed by atoms with Crippen LogP contribution in [-0.2, 0) is 6.54 Å². The first-order valence-electron chi connectivity index (χ1n) is 7.94. The molecule has 1 saturated heterocycles. The van der Waals surface area contributed by atoms with Crippen LogP contribution >= 0.6 is 0 Å². The molecule has 0 aromatic heterocycles. The van der Waals surface area contributed by atoms with E-state index < -0.39 is 0 Å². The van der Waals surface area contributed by atoms with Gasteiger partial charge in [0.1, 0.15) is 0 Å². The van der Waals surface area contributed by atoms with Gasteiger partial charge >= 0.3 is 0 Å². The second kappa shape index (κ2) is 5.58. The van der Waals surface area contributed by atoms with E-state index in [0.717, 1.165) is 31.7 Å². The van der Waals surface area contributed by atoms with E-state index in [2.05, 4.69) is 46.6 Å². The summed E-state index contributed by atoms with van der Waals surface area (Å²) in [7, 11) is 0. The minimum Gasteiger partial charge on any atom is -0.352 e. The molecule has 2 aliphatic heterocycles. The van der Waals surface area contributed by atoms with Crippen molar-refractivity contribution in [3.63, 3.8) is 0 Å². The highest BCUT2D eigenvalue weighted by Gasteiger charge is 2.37.